The summed E-state index contributed by atoms with van der Waals surface area (Å²) in [6.07, 6.45) is 2.72. The summed E-state index contributed by atoms with van der Waals surface area (Å²) >= 11 is 8.87. The minimum Gasteiger partial charge on any atom is -0.459 e. The Bertz CT molecular complexity index is 922. The summed E-state index contributed by atoms with van der Waals surface area (Å²) in [4.78, 5) is 29.7. The van der Waals surface area contributed by atoms with Crippen LogP contribution in [0.4, 0.5) is 0 Å². The highest BCUT2D eigenvalue weighted by Crippen LogP contribution is 2.21. The zero-order chi connectivity index (χ0) is 17.6. The quantitative estimate of drug-likeness (QED) is 0.344. The van der Waals surface area contributed by atoms with E-state index in [0.29, 0.717) is 28.5 Å². The first-order valence-electron chi connectivity index (χ1n) is 7.61. The van der Waals surface area contributed by atoms with Crippen molar-refractivity contribution < 1.29 is 9.53 Å². The Hall–Kier alpha value is -1.83. The fourth-order valence-electron chi connectivity index (χ4n) is 2.13. The van der Waals surface area contributed by atoms with Gasteiger partial charge in [-0.05, 0) is 36.4 Å². The summed E-state index contributed by atoms with van der Waals surface area (Å²) < 4.78 is 6.67. The van der Waals surface area contributed by atoms with Crippen LogP contribution in [0.5, 0.6) is 0 Å². The fourth-order valence-corrected chi connectivity index (χ4v) is 3.84. The van der Waals surface area contributed by atoms with Gasteiger partial charge in [0.05, 0.1) is 5.69 Å². The van der Waals surface area contributed by atoms with Crippen LogP contribution in [0.1, 0.15) is 18.5 Å². The van der Waals surface area contributed by atoms with Crippen LogP contribution in [0.3, 0.4) is 0 Å². The number of hydrogen-bond acceptors (Lipinski definition) is 6. The summed E-state index contributed by atoms with van der Waals surface area (Å²) in [6, 6.07) is 8.99. The average molecular weight is 395 g/mol. The van der Waals surface area contributed by atoms with Crippen molar-refractivity contribution >= 4 is 45.6 Å². The van der Waals surface area contributed by atoms with E-state index in [-0.39, 0.29) is 18.1 Å². The van der Waals surface area contributed by atoms with Crippen LogP contribution < -0.4 is 5.56 Å². The van der Waals surface area contributed by atoms with Crippen molar-refractivity contribution in [2.24, 2.45) is 0 Å². The third-order valence-electron chi connectivity index (χ3n) is 3.34. The molecule has 0 radical (unpaired) electrons. The molecule has 2 aromatic heterocycles. The van der Waals surface area contributed by atoms with E-state index < -0.39 is 0 Å². The number of esters is 1. The minimum atomic E-state index is -0.287. The Kier molecular flexibility index (Phi) is 6.12. The SMILES string of the molecule is O=C(CCCSc1ccc(Cl)cc1)OCc1cc(=O)n2ccsc2n1. The van der Waals surface area contributed by atoms with Crippen molar-refractivity contribution in [1.29, 1.82) is 0 Å². The molecule has 130 valence electrons. The third kappa shape index (κ3) is 5.07. The summed E-state index contributed by atoms with van der Waals surface area (Å²) in [5.74, 6) is 0.530. The van der Waals surface area contributed by atoms with E-state index in [2.05, 4.69) is 4.98 Å². The lowest BCUT2D eigenvalue weighted by Gasteiger charge is -2.05. The number of fused-ring (bicyclic) bond motifs is 1. The molecule has 2 heterocycles. The molecule has 0 spiro atoms. The van der Waals surface area contributed by atoms with Gasteiger partial charge in [0, 0.05) is 34.0 Å². The van der Waals surface area contributed by atoms with Crippen molar-refractivity contribution in [2.75, 3.05) is 5.75 Å². The van der Waals surface area contributed by atoms with Crippen LogP contribution >= 0.6 is 34.7 Å². The Balaban J connectivity index is 1.41. The van der Waals surface area contributed by atoms with Crippen LogP contribution in [-0.2, 0) is 16.1 Å². The molecule has 0 aliphatic carbocycles. The molecular weight excluding hydrogens is 380 g/mol. The molecule has 25 heavy (non-hydrogen) atoms. The normalized spacial score (nSPS) is 10.9. The Labute approximate surface area is 157 Å². The van der Waals surface area contributed by atoms with Gasteiger partial charge < -0.3 is 4.74 Å². The van der Waals surface area contributed by atoms with Gasteiger partial charge in [0.1, 0.15) is 6.61 Å². The number of aromatic nitrogens is 2. The topological polar surface area (TPSA) is 60.7 Å². The number of thioether (sulfide) groups is 1. The lowest BCUT2D eigenvalue weighted by Crippen LogP contribution is -2.14. The first-order chi connectivity index (χ1) is 12.1. The van der Waals surface area contributed by atoms with Gasteiger partial charge in [0.15, 0.2) is 4.96 Å². The van der Waals surface area contributed by atoms with Gasteiger partial charge in [0.25, 0.3) is 5.56 Å². The van der Waals surface area contributed by atoms with E-state index in [1.165, 1.54) is 21.8 Å². The number of carbonyl (C=O) groups excluding carboxylic acids is 1. The van der Waals surface area contributed by atoms with Gasteiger partial charge in [-0.2, -0.15) is 0 Å². The maximum atomic E-state index is 11.9. The molecule has 1 aromatic carbocycles. The number of nitrogens with zero attached hydrogens (tertiary/aromatic N) is 2. The zero-order valence-corrected chi connectivity index (χ0v) is 15.6. The van der Waals surface area contributed by atoms with E-state index in [1.807, 2.05) is 24.3 Å². The highest BCUT2D eigenvalue weighted by atomic mass is 35.5. The lowest BCUT2D eigenvalue weighted by atomic mass is 10.3. The van der Waals surface area contributed by atoms with Crippen molar-refractivity contribution in [3.63, 3.8) is 0 Å². The molecule has 3 aromatic rings. The molecule has 0 saturated carbocycles. The molecule has 0 aliphatic rings. The number of carbonyl (C=O) groups is 1. The predicted molar refractivity (Wildman–Crippen MR) is 101 cm³/mol. The summed E-state index contributed by atoms with van der Waals surface area (Å²) in [5, 5.41) is 2.50. The standard InChI is InChI=1S/C17H15ClN2O3S2/c18-12-3-5-14(6-4-12)24-8-1-2-16(22)23-11-13-10-15(21)20-7-9-25-17(20)19-13/h3-7,9-10H,1-2,8,11H2. The van der Waals surface area contributed by atoms with E-state index in [1.54, 1.807) is 23.3 Å². The van der Waals surface area contributed by atoms with Crippen LogP contribution in [0.2, 0.25) is 5.02 Å². The monoisotopic (exact) mass is 394 g/mol. The zero-order valence-electron chi connectivity index (χ0n) is 13.2. The molecule has 5 nitrogen and oxygen atoms in total. The highest BCUT2D eigenvalue weighted by Gasteiger charge is 2.07. The van der Waals surface area contributed by atoms with Gasteiger partial charge in [-0.1, -0.05) is 11.6 Å². The van der Waals surface area contributed by atoms with Crippen LogP contribution in [0, 0.1) is 0 Å². The molecule has 8 heteroatoms. The molecule has 0 saturated heterocycles. The fraction of sp³-hybridized carbons (Fsp3) is 0.235. The molecular formula is C17H15ClN2O3S2. The number of thiazole rings is 1. The van der Waals surface area contributed by atoms with Gasteiger partial charge in [0.2, 0.25) is 0 Å². The molecule has 0 atom stereocenters. The number of halogens is 1. The van der Waals surface area contributed by atoms with Crippen molar-refractivity contribution in [1.82, 2.24) is 9.38 Å². The van der Waals surface area contributed by atoms with Gasteiger partial charge in [-0.3, -0.25) is 14.0 Å². The Morgan fingerprint density at radius 1 is 1.32 bits per heavy atom. The van der Waals surface area contributed by atoms with Gasteiger partial charge in [-0.15, -0.1) is 23.1 Å². The largest absolute Gasteiger partial charge is 0.459 e. The second-order valence-corrected chi connectivity index (χ2v) is 7.69. The summed E-state index contributed by atoms with van der Waals surface area (Å²) in [7, 11) is 0. The first kappa shape index (κ1) is 18.0. The summed E-state index contributed by atoms with van der Waals surface area (Å²) in [6.45, 7) is 0.0206. The van der Waals surface area contributed by atoms with Crippen molar-refractivity contribution in [2.45, 2.75) is 24.3 Å². The van der Waals surface area contributed by atoms with E-state index >= 15 is 0 Å². The number of benzene rings is 1. The predicted octanol–water partition coefficient (Wildman–Crippen LogP) is 4.03. The van der Waals surface area contributed by atoms with E-state index in [0.717, 1.165) is 10.6 Å². The average Bonchev–Trinajstić information content (AvgIpc) is 3.08. The summed E-state index contributed by atoms with van der Waals surface area (Å²) in [5.41, 5.74) is 0.299. The number of ether oxygens (including phenoxy) is 1. The van der Waals surface area contributed by atoms with Gasteiger partial charge >= 0.3 is 5.97 Å². The number of rotatable bonds is 7. The van der Waals surface area contributed by atoms with E-state index in [9.17, 15) is 9.59 Å². The molecule has 0 aliphatic heterocycles. The number of hydrogen-bond donors (Lipinski definition) is 0. The third-order valence-corrected chi connectivity index (χ3v) is 5.45. The molecule has 0 fully saturated rings. The van der Waals surface area contributed by atoms with Crippen molar-refractivity contribution in [3.8, 4) is 0 Å². The molecule has 3 rings (SSSR count). The van der Waals surface area contributed by atoms with Gasteiger partial charge in [-0.25, -0.2) is 4.98 Å². The molecule has 0 unspecified atom stereocenters. The Morgan fingerprint density at radius 3 is 2.92 bits per heavy atom. The van der Waals surface area contributed by atoms with Crippen LogP contribution in [-0.4, -0.2) is 21.1 Å². The minimum absolute atomic E-state index is 0.0206. The molecule has 0 bridgehead atoms. The second-order valence-electron chi connectivity index (χ2n) is 5.21. The highest BCUT2D eigenvalue weighted by molar-refractivity contribution is 7.99. The first-order valence-corrected chi connectivity index (χ1v) is 9.86. The van der Waals surface area contributed by atoms with E-state index in [4.69, 9.17) is 16.3 Å². The molecule has 0 amide bonds. The Morgan fingerprint density at radius 2 is 2.12 bits per heavy atom. The second kappa shape index (κ2) is 8.51. The van der Waals surface area contributed by atoms with Crippen LogP contribution in [0.15, 0.2) is 51.6 Å². The molecule has 0 N–H and O–H groups in total. The van der Waals surface area contributed by atoms with Crippen LogP contribution in [0.25, 0.3) is 4.96 Å². The lowest BCUT2D eigenvalue weighted by molar-refractivity contribution is -0.145. The maximum absolute atomic E-state index is 11.9. The maximum Gasteiger partial charge on any atom is 0.306 e. The van der Waals surface area contributed by atoms with Crippen molar-refractivity contribution in [3.05, 3.63) is 63.0 Å². The smallest absolute Gasteiger partial charge is 0.306 e.